The molecule has 1 atom stereocenters. The van der Waals surface area contributed by atoms with Crippen LogP contribution in [0.1, 0.15) is 39.5 Å². The largest absolute Gasteiger partial charge is 0.329 e. The van der Waals surface area contributed by atoms with Gasteiger partial charge in [-0.05, 0) is 24.7 Å². The van der Waals surface area contributed by atoms with E-state index in [0.29, 0.717) is 26.2 Å². The van der Waals surface area contributed by atoms with Crippen molar-refractivity contribution in [3.8, 4) is 0 Å². The normalized spacial score (nSPS) is 30.7. The first-order chi connectivity index (χ1) is 8.37. The van der Waals surface area contributed by atoms with E-state index in [0.717, 1.165) is 25.7 Å². The first-order valence-electron chi connectivity index (χ1n) is 6.84. The molecule has 0 saturated carbocycles. The fourth-order valence-electron chi connectivity index (χ4n) is 2.92. The number of nitrogens with zero attached hydrogens (tertiary/aromatic N) is 2. The van der Waals surface area contributed by atoms with E-state index >= 15 is 0 Å². The van der Waals surface area contributed by atoms with Crippen LogP contribution in [0.2, 0.25) is 0 Å². The summed E-state index contributed by atoms with van der Waals surface area (Å²) in [5.41, 5.74) is 5.82. The number of hydrogen-bond donors (Lipinski definition) is 1. The van der Waals surface area contributed by atoms with Crippen molar-refractivity contribution < 1.29 is 8.42 Å². The Morgan fingerprint density at radius 1 is 1.28 bits per heavy atom. The minimum absolute atomic E-state index is 0.00698. The summed E-state index contributed by atoms with van der Waals surface area (Å²) in [6.07, 6.45) is 3.87. The third-order valence-corrected chi connectivity index (χ3v) is 6.15. The van der Waals surface area contributed by atoms with Gasteiger partial charge in [0.2, 0.25) is 0 Å². The van der Waals surface area contributed by atoms with Crippen LogP contribution < -0.4 is 5.73 Å². The predicted molar refractivity (Wildman–Crippen MR) is 72.3 cm³/mol. The summed E-state index contributed by atoms with van der Waals surface area (Å²) >= 11 is 0. The van der Waals surface area contributed by atoms with Crippen molar-refractivity contribution in [2.45, 2.75) is 45.6 Å². The van der Waals surface area contributed by atoms with Gasteiger partial charge in [0.15, 0.2) is 0 Å². The van der Waals surface area contributed by atoms with Crippen LogP contribution in [0.5, 0.6) is 0 Å². The van der Waals surface area contributed by atoms with Crippen LogP contribution in [0.3, 0.4) is 0 Å². The lowest BCUT2D eigenvalue weighted by Gasteiger charge is -2.36. The van der Waals surface area contributed by atoms with Crippen molar-refractivity contribution in [3.63, 3.8) is 0 Å². The van der Waals surface area contributed by atoms with Crippen LogP contribution in [0.4, 0.5) is 0 Å². The molecule has 2 aliphatic rings. The van der Waals surface area contributed by atoms with Crippen LogP contribution in [-0.4, -0.2) is 49.2 Å². The predicted octanol–water partition coefficient (Wildman–Crippen LogP) is 0.776. The summed E-state index contributed by atoms with van der Waals surface area (Å²) in [6, 6.07) is -0.00698. The Kier molecular flexibility index (Phi) is 4.02. The SMILES string of the molecule is CC1(C)CCN(S(=O)(=O)N2CCCCC2CN)C1. The zero-order valence-electron chi connectivity index (χ0n) is 11.4. The molecule has 6 heteroatoms. The number of rotatable bonds is 3. The lowest BCUT2D eigenvalue weighted by Crippen LogP contribution is -2.52. The fraction of sp³-hybridized carbons (Fsp3) is 1.00. The molecule has 0 spiro atoms. The smallest absolute Gasteiger partial charge is 0.282 e. The molecular formula is C12H25N3O2S. The molecule has 2 rings (SSSR count). The van der Waals surface area contributed by atoms with Gasteiger partial charge in [-0.25, -0.2) is 0 Å². The van der Waals surface area contributed by atoms with Crippen molar-refractivity contribution >= 4 is 10.2 Å². The van der Waals surface area contributed by atoms with Gasteiger partial charge in [-0.15, -0.1) is 0 Å². The van der Waals surface area contributed by atoms with Crippen molar-refractivity contribution in [2.24, 2.45) is 11.1 Å². The summed E-state index contributed by atoms with van der Waals surface area (Å²) in [5.74, 6) is 0. The molecule has 0 amide bonds. The molecule has 2 heterocycles. The standard InChI is InChI=1S/C12H25N3O2S/c1-12(2)6-8-14(10-12)18(16,17)15-7-4-3-5-11(15)9-13/h11H,3-10,13H2,1-2H3. The Morgan fingerprint density at radius 3 is 2.56 bits per heavy atom. The molecule has 0 radical (unpaired) electrons. The lowest BCUT2D eigenvalue weighted by molar-refractivity contribution is 0.237. The number of hydrogen-bond acceptors (Lipinski definition) is 3. The van der Waals surface area contributed by atoms with Crippen LogP contribution >= 0.6 is 0 Å². The first-order valence-corrected chi connectivity index (χ1v) is 8.23. The highest BCUT2D eigenvalue weighted by Gasteiger charge is 2.41. The second-order valence-corrected chi connectivity index (χ2v) is 8.13. The molecule has 0 aliphatic carbocycles. The third-order valence-electron chi connectivity index (χ3n) is 4.11. The van der Waals surface area contributed by atoms with E-state index in [4.69, 9.17) is 5.73 Å². The molecule has 2 saturated heterocycles. The molecule has 0 aromatic carbocycles. The van der Waals surface area contributed by atoms with E-state index in [-0.39, 0.29) is 11.5 Å². The Balaban J connectivity index is 2.15. The van der Waals surface area contributed by atoms with Gasteiger partial charge in [-0.2, -0.15) is 17.0 Å². The molecule has 5 nitrogen and oxygen atoms in total. The average Bonchev–Trinajstić information content (AvgIpc) is 2.70. The highest BCUT2D eigenvalue weighted by molar-refractivity contribution is 7.86. The van der Waals surface area contributed by atoms with Crippen molar-refractivity contribution in [1.29, 1.82) is 0 Å². The molecule has 0 aromatic rings. The van der Waals surface area contributed by atoms with Crippen molar-refractivity contribution in [1.82, 2.24) is 8.61 Å². The van der Waals surface area contributed by atoms with Gasteiger partial charge in [0.05, 0.1) is 0 Å². The molecule has 106 valence electrons. The molecule has 0 bridgehead atoms. The van der Waals surface area contributed by atoms with Gasteiger partial charge in [0, 0.05) is 32.2 Å². The molecule has 0 aromatic heterocycles. The highest BCUT2D eigenvalue weighted by Crippen LogP contribution is 2.33. The summed E-state index contributed by atoms with van der Waals surface area (Å²) < 4.78 is 28.6. The van der Waals surface area contributed by atoms with Crippen LogP contribution in [0.25, 0.3) is 0 Å². The van der Waals surface area contributed by atoms with Gasteiger partial charge in [-0.3, -0.25) is 0 Å². The summed E-state index contributed by atoms with van der Waals surface area (Å²) in [7, 11) is -3.31. The van der Waals surface area contributed by atoms with Crippen LogP contribution in [-0.2, 0) is 10.2 Å². The van der Waals surface area contributed by atoms with Gasteiger partial charge >= 0.3 is 0 Å². The quantitative estimate of drug-likeness (QED) is 0.827. The Labute approximate surface area is 110 Å². The Morgan fingerprint density at radius 2 is 2.00 bits per heavy atom. The topological polar surface area (TPSA) is 66.6 Å². The molecule has 1 unspecified atom stereocenters. The number of piperidine rings is 1. The van der Waals surface area contributed by atoms with Gasteiger partial charge in [0.25, 0.3) is 10.2 Å². The molecular weight excluding hydrogens is 250 g/mol. The van der Waals surface area contributed by atoms with E-state index in [1.807, 2.05) is 0 Å². The maximum Gasteiger partial charge on any atom is 0.282 e. The third kappa shape index (κ3) is 2.71. The summed E-state index contributed by atoms with van der Waals surface area (Å²) in [6.45, 7) is 6.57. The van der Waals surface area contributed by atoms with E-state index in [2.05, 4.69) is 13.8 Å². The minimum atomic E-state index is -3.31. The van der Waals surface area contributed by atoms with Gasteiger partial charge in [0.1, 0.15) is 0 Å². The molecule has 2 aliphatic heterocycles. The maximum absolute atomic E-state index is 12.6. The van der Waals surface area contributed by atoms with E-state index in [9.17, 15) is 8.42 Å². The first kappa shape index (κ1) is 14.2. The minimum Gasteiger partial charge on any atom is -0.329 e. The summed E-state index contributed by atoms with van der Waals surface area (Å²) in [4.78, 5) is 0. The monoisotopic (exact) mass is 275 g/mol. The Hall–Kier alpha value is -0.170. The second kappa shape index (κ2) is 5.07. The van der Waals surface area contributed by atoms with Crippen molar-refractivity contribution in [2.75, 3.05) is 26.2 Å². The molecule has 18 heavy (non-hydrogen) atoms. The average molecular weight is 275 g/mol. The molecule has 2 N–H and O–H groups in total. The molecule has 2 fully saturated rings. The van der Waals surface area contributed by atoms with Crippen molar-refractivity contribution in [3.05, 3.63) is 0 Å². The summed E-state index contributed by atoms with van der Waals surface area (Å²) in [5, 5.41) is 0. The lowest BCUT2D eigenvalue weighted by atomic mass is 9.93. The zero-order chi connectivity index (χ0) is 13.4. The van der Waals surface area contributed by atoms with Gasteiger partial charge < -0.3 is 5.73 Å². The fourth-order valence-corrected chi connectivity index (χ4v) is 4.98. The highest BCUT2D eigenvalue weighted by atomic mass is 32.2. The Bertz CT molecular complexity index is 394. The van der Waals surface area contributed by atoms with Crippen LogP contribution in [0.15, 0.2) is 0 Å². The maximum atomic E-state index is 12.6. The van der Waals surface area contributed by atoms with Gasteiger partial charge in [-0.1, -0.05) is 20.3 Å². The van der Waals surface area contributed by atoms with E-state index < -0.39 is 10.2 Å². The van der Waals surface area contributed by atoms with E-state index in [1.54, 1.807) is 8.61 Å². The number of nitrogens with two attached hydrogens (primary N) is 1. The van der Waals surface area contributed by atoms with E-state index in [1.165, 1.54) is 0 Å². The van der Waals surface area contributed by atoms with Crippen LogP contribution in [0, 0.1) is 5.41 Å². The second-order valence-electron chi connectivity index (χ2n) is 6.25. The zero-order valence-corrected chi connectivity index (χ0v) is 12.2.